The fourth-order valence-corrected chi connectivity index (χ4v) is 2.81. The molecule has 0 radical (unpaired) electrons. The van der Waals surface area contributed by atoms with Crippen LogP contribution in [0.5, 0.6) is 0 Å². The van der Waals surface area contributed by atoms with E-state index < -0.39 is 0 Å². The number of nitrogens with one attached hydrogen (secondary N) is 1. The summed E-state index contributed by atoms with van der Waals surface area (Å²) in [5, 5.41) is 6.48. The molecule has 3 heteroatoms. The van der Waals surface area contributed by atoms with Crippen LogP contribution in [-0.4, -0.2) is 0 Å². The van der Waals surface area contributed by atoms with Gasteiger partial charge in [0.1, 0.15) is 0 Å². The molecule has 2 aromatic rings. The topological polar surface area (TPSA) is 12.0 Å². The van der Waals surface area contributed by atoms with Crippen LogP contribution in [0.2, 0.25) is 5.02 Å². The van der Waals surface area contributed by atoms with Gasteiger partial charge in [-0.3, -0.25) is 0 Å². The fourth-order valence-electron chi connectivity index (χ4n) is 1.87. The first-order valence-electron chi connectivity index (χ1n) is 5.71. The smallest absolute Gasteiger partial charge is 0.0409 e. The molecular weight excluding hydrogens is 250 g/mol. The van der Waals surface area contributed by atoms with Crippen LogP contribution >= 0.6 is 22.9 Å². The molecule has 1 N–H and O–H groups in total. The van der Waals surface area contributed by atoms with Crippen LogP contribution in [0.4, 0.5) is 0 Å². The molecule has 2 rings (SSSR count). The van der Waals surface area contributed by atoms with E-state index in [4.69, 9.17) is 11.6 Å². The van der Waals surface area contributed by atoms with E-state index in [0.29, 0.717) is 12.1 Å². The molecule has 1 heterocycles. The molecule has 0 saturated heterocycles. The first-order chi connectivity index (χ1) is 8.16. The molecule has 2 atom stereocenters. The zero-order valence-electron chi connectivity index (χ0n) is 9.98. The molecule has 0 saturated carbocycles. The second-order valence-electron chi connectivity index (χ2n) is 4.18. The van der Waals surface area contributed by atoms with Gasteiger partial charge in [0.2, 0.25) is 0 Å². The van der Waals surface area contributed by atoms with Gasteiger partial charge < -0.3 is 5.32 Å². The van der Waals surface area contributed by atoms with Crippen molar-refractivity contribution in [1.82, 2.24) is 5.32 Å². The first-order valence-corrected chi connectivity index (χ1v) is 6.97. The molecule has 0 amide bonds. The van der Waals surface area contributed by atoms with Gasteiger partial charge in [-0.25, -0.2) is 0 Å². The summed E-state index contributed by atoms with van der Waals surface area (Å²) in [6, 6.07) is 12.9. The van der Waals surface area contributed by atoms with Gasteiger partial charge in [0.25, 0.3) is 0 Å². The fraction of sp³-hybridized carbons (Fsp3) is 0.286. The third-order valence-electron chi connectivity index (χ3n) is 2.82. The van der Waals surface area contributed by atoms with Crippen molar-refractivity contribution in [3.05, 3.63) is 57.2 Å². The highest BCUT2D eigenvalue weighted by Crippen LogP contribution is 2.23. The minimum atomic E-state index is 0.297. The first kappa shape index (κ1) is 12.6. The normalized spacial score (nSPS) is 14.5. The van der Waals surface area contributed by atoms with Gasteiger partial charge >= 0.3 is 0 Å². The number of hydrogen-bond donors (Lipinski definition) is 1. The summed E-state index contributed by atoms with van der Waals surface area (Å²) in [5.41, 5.74) is 1.22. The Morgan fingerprint density at radius 1 is 1.12 bits per heavy atom. The Bertz CT molecular complexity index is 467. The number of benzene rings is 1. The molecular formula is C14H16ClNS. The molecule has 1 aromatic carbocycles. The summed E-state index contributed by atoms with van der Waals surface area (Å²) < 4.78 is 0. The monoisotopic (exact) mass is 265 g/mol. The highest BCUT2D eigenvalue weighted by Gasteiger charge is 2.11. The SMILES string of the molecule is CC(N[C@H](C)c1cccs1)c1cccc(Cl)c1. The maximum Gasteiger partial charge on any atom is 0.0409 e. The van der Waals surface area contributed by atoms with Gasteiger partial charge in [0.15, 0.2) is 0 Å². The molecule has 1 nitrogen and oxygen atoms in total. The van der Waals surface area contributed by atoms with E-state index in [-0.39, 0.29) is 0 Å². The van der Waals surface area contributed by atoms with Crippen molar-refractivity contribution in [2.24, 2.45) is 0 Å². The van der Waals surface area contributed by atoms with E-state index in [1.165, 1.54) is 10.4 Å². The Morgan fingerprint density at radius 2 is 1.94 bits per heavy atom. The van der Waals surface area contributed by atoms with E-state index in [1.807, 2.05) is 18.2 Å². The molecule has 0 bridgehead atoms. The lowest BCUT2D eigenvalue weighted by atomic mass is 10.1. The van der Waals surface area contributed by atoms with Crippen molar-refractivity contribution in [3.8, 4) is 0 Å². The standard InChI is InChI=1S/C14H16ClNS/c1-10(12-5-3-6-13(15)9-12)16-11(2)14-7-4-8-17-14/h3-11,16H,1-2H3/t10?,11-/m1/s1. The van der Waals surface area contributed by atoms with Crippen LogP contribution in [0, 0.1) is 0 Å². The van der Waals surface area contributed by atoms with Gasteiger partial charge in [-0.1, -0.05) is 29.8 Å². The van der Waals surface area contributed by atoms with Crippen LogP contribution < -0.4 is 5.32 Å². The van der Waals surface area contributed by atoms with E-state index in [1.54, 1.807) is 11.3 Å². The molecule has 17 heavy (non-hydrogen) atoms. The van der Waals surface area contributed by atoms with E-state index in [0.717, 1.165) is 5.02 Å². The summed E-state index contributed by atoms with van der Waals surface area (Å²) >= 11 is 7.78. The summed E-state index contributed by atoms with van der Waals surface area (Å²) in [6.45, 7) is 4.35. The predicted octanol–water partition coefficient (Wildman–Crippen LogP) is 4.81. The van der Waals surface area contributed by atoms with Gasteiger partial charge in [-0.15, -0.1) is 11.3 Å². The van der Waals surface area contributed by atoms with Crippen molar-refractivity contribution in [2.75, 3.05) is 0 Å². The maximum atomic E-state index is 6.00. The third kappa shape index (κ3) is 3.32. The quantitative estimate of drug-likeness (QED) is 0.836. The van der Waals surface area contributed by atoms with Crippen LogP contribution in [0.3, 0.4) is 0 Å². The summed E-state index contributed by atoms with van der Waals surface area (Å²) in [7, 11) is 0. The third-order valence-corrected chi connectivity index (χ3v) is 4.11. The van der Waals surface area contributed by atoms with Crippen LogP contribution in [0.15, 0.2) is 41.8 Å². The van der Waals surface area contributed by atoms with Gasteiger partial charge in [-0.05, 0) is 43.0 Å². The van der Waals surface area contributed by atoms with Crippen molar-refractivity contribution in [1.29, 1.82) is 0 Å². The molecule has 0 fully saturated rings. The highest BCUT2D eigenvalue weighted by molar-refractivity contribution is 7.10. The van der Waals surface area contributed by atoms with E-state index in [2.05, 4.69) is 42.7 Å². The van der Waals surface area contributed by atoms with Gasteiger partial charge in [0, 0.05) is 22.0 Å². The Morgan fingerprint density at radius 3 is 2.59 bits per heavy atom. The number of hydrogen-bond acceptors (Lipinski definition) is 2. The van der Waals surface area contributed by atoms with E-state index in [9.17, 15) is 0 Å². The Labute approximate surface area is 111 Å². The number of halogens is 1. The van der Waals surface area contributed by atoms with Crippen LogP contribution in [0.25, 0.3) is 0 Å². The lowest BCUT2D eigenvalue weighted by Gasteiger charge is -2.19. The predicted molar refractivity (Wildman–Crippen MR) is 75.7 cm³/mol. The second-order valence-corrected chi connectivity index (χ2v) is 5.60. The highest BCUT2D eigenvalue weighted by atomic mass is 35.5. The molecule has 1 aromatic heterocycles. The summed E-state index contributed by atoms with van der Waals surface area (Å²) in [5.74, 6) is 0. The number of rotatable bonds is 4. The van der Waals surface area contributed by atoms with Crippen molar-refractivity contribution in [2.45, 2.75) is 25.9 Å². The summed E-state index contributed by atoms with van der Waals surface area (Å²) in [4.78, 5) is 1.36. The summed E-state index contributed by atoms with van der Waals surface area (Å²) in [6.07, 6.45) is 0. The van der Waals surface area contributed by atoms with Crippen LogP contribution in [0.1, 0.15) is 36.4 Å². The zero-order valence-corrected chi connectivity index (χ0v) is 11.6. The molecule has 90 valence electrons. The Balaban J connectivity index is 2.04. The zero-order chi connectivity index (χ0) is 12.3. The molecule has 0 aliphatic heterocycles. The lowest BCUT2D eigenvalue weighted by Crippen LogP contribution is -2.21. The minimum Gasteiger partial charge on any atom is -0.303 e. The molecule has 0 aliphatic carbocycles. The Kier molecular flexibility index (Phi) is 4.21. The largest absolute Gasteiger partial charge is 0.303 e. The maximum absolute atomic E-state index is 6.00. The van der Waals surface area contributed by atoms with Gasteiger partial charge in [-0.2, -0.15) is 0 Å². The van der Waals surface area contributed by atoms with Crippen LogP contribution in [-0.2, 0) is 0 Å². The van der Waals surface area contributed by atoms with Gasteiger partial charge in [0.05, 0.1) is 0 Å². The average Bonchev–Trinajstić information content (AvgIpc) is 2.82. The average molecular weight is 266 g/mol. The molecule has 1 unspecified atom stereocenters. The molecule has 0 spiro atoms. The second kappa shape index (κ2) is 5.67. The number of thiophene rings is 1. The Hall–Kier alpha value is -0.830. The van der Waals surface area contributed by atoms with E-state index >= 15 is 0 Å². The minimum absolute atomic E-state index is 0.297. The van der Waals surface area contributed by atoms with Crippen molar-refractivity contribution in [3.63, 3.8) is 0 Å². The molecule has 0 aliphatic rings. The van der Waals surface area contributed by atoms with Crippen molar-refractivity contribution >= 4 is 22.9 Å². The van der Waals surface area contributed by atoms with Crippen molar-refractivity contribution < 1.29 is 0 Å². The lowest BCUT2D eigenvalue weighted by molar-refractivity contribution is 0.500.